The summed E-state index contributed by atoms with van der Waals surface area (Å²) in [5, 5.41) is 0. The van der Waals surface area contributed by atoms with Crippen molar-refractivity contribution >= 4 is 15.8 Å². The van der Waals surface area contributed by atoms with E-state index in [4.69, 9.17) is 0 Å². The molecule has 0 aromatic rings. The molecule has 2 saturated heterocycles. The Kier molecular flexibility index (Phi) is 1.34. The highest BCUT2D eigenvalue weighted by Crippen LogP contribution is 2.27. The van der Waals surface area contributed by atoms with Crippen molar-refractivity contribution in [2.45, 2.75) is 18.9 Å². The number of hydrogen-bond donors (Lipinski definition) is 0. The molecule has 0 N–H and O–H groups in total. The van der Waals surface area contributed by atoms with Crippen LogP contribution in [-0.4, -0.2) is 36.8 Å². The fraction of sp³-hybridized carbons (Fsp3) is 0.833. The molecule has 0 aromatic carbocycles. The molecule has 0 saturated carbocycles. The zero-order valence-electron chi connectivity index (χ0n) is 5.99. The zero-order valence-corrected chi connectivity index (χ0v) is 6.80. The predicted octanol–water partition coefficient (Wildman–Crippen LogP) is -0.637. The molecule has 5 heteroatoms. The highest BCUT2D eigenvalue weighted by atomic mass is 32.2. The van der Waals surface area contributed by atoms with E-state index in [2.05, 4.69) is 0 Å². The maximum absolute atomic E-state index is 11.2. The van der Waals surface area contributed by atoms with E-state index in [0.29, 0.717) is 6.54 Å². The average molecular weight is 175 g/mol. The largest absolute Gasteiger partial charge is 0.297 e. The Balaban J connectivity index is 2.42. The van der Waals surface area contributed by atoms with E-state index < -0.39 is 10.0 Å². The van der Waals surface area contributed by atoms with E-state index in [-0.39, 0.29) is 17.6 Å². The van der Waals surface area contributed by atoms with Crippen LogP contribution in [0.4, 0.5) is 0 Å². The number of nitrogens with zero attached hydrogens (tertiary/aromatic N) is 1. The second kappa shape index (κ2) is 2.04. The van der Waals surface area contributed by atoms with Crippen LogP contribution in [0, 0.1) is 0 Å². The fourth-order valence-electron chi connectivity index (χ4n) is 1.75. The van der Waals surface area contributed by atoms with Gasteiger partial charge in [-0.1, -0.05) is 0 Å². The van der Waals surface area contributed by atoms with Crippen molar-refractivity contribution in [2.24, 2.45) is 0 Å². The number of hydrogen-bond acceptors (Lipinski definition) is 3. The van der Waals surface area contributed by atoms with Gasteiger partial charge in [-0.05, 0) is 12.8 Å². The first-order valence-corrected chi connectivity index (χ1v) is 5.24. The monoisotopic (exact) mass is 175 g/mol. The maximum Gasteiger partial charge on any atom is 0.221 e. The average Bonchev–Trinajstić information content (AvgIpc) is 2.37. The lowest BCUT2D eigenvalue weighted by atomic mass is 10.2. The van der Waals surface area contributed by atoms with Crippen LogP contribution in [0.1, 0.15) is 12.8 Å². The summed E-state index contributed by atoms with van der Waals surface area (Å²) >= 11 is 0. The minimum atomic E-state index is -3.19. The number of Topliss-reactive ketones (excluding diaryl/α,β-unsaturated/α-hetero) is 1. The van der Waals surface area contributed by atoms with E-state index in [1.807, 2.05) is 0 Å². The van der Waals surface area contributed by atoms with Gasteiger partial charge in [0.1, 0.15) is 5.75 Å². The number of fused-ring (bicyclic) bond motifs is 1. The molecule has 1 unspecified atom stereocenters. The summed E-state index contributed by atoms with van der Waals surface area (Å²) in [6.45, 7) is 0.540. The molecule has 0 amide bonds. The molecule has 2 rings (SSSR count). The standard InChI is InChI=1S/C6H9NO3S/c8-6-4-11(9,10)7-3-1-2-5(6)7/h5H,1-4H2. The van der Waals surface area contributed by atoms with Crippen molar-refractivity contribution in [1.29, 1.82) is 0 Å². The van der Waals surface area contributed by atoms with Crippen molar-refractivity contribution in [2.75, 3.05) is 12.3 Å². The molecular weight excluding hydrogens is 166 g/mol. The van der Waals surface area contributed by atoms with Crippen LogP contribution in [-0.2, 0) is 14.8 Å². The van der Waals surface area contributed by atoms with Crippen molar-refractivity contribution in [3.8, 4) is 0 Å². The van der Waals surface area contributed by atoms with Gasteiger partial charge in [-0.3, -0.25) is 4.79 Å². The van der Waals surface area contributed by atoms with Crippen LogP contribution >= 0.6 is 0 Å². The number of rotatable bonds is 0. The van der Waals surface area contributed by atoms with Gasteiger partial charge in [0.25, 0.3) is 0 Å². The topological polar surface area (TPSA) is 54.5 Å². The van der Waals surface area contributed by atoms with E-state index in [1.165, 1.54) is 4.31 Å². The number of carbonyl (C=O) groups is 1. The fourth-order valence-corrected chi connectivity index (χ4v) is 3.49. The summed E-state index contributed by atoms with van der Waals surface area (Å²) in [5.41, 5.74) is 0. The van der Waals surface area contributed by atoms with Gasteiger partial charge in [0.05, 0.1) is 6.04 Å². The van der Waals surface area contributed by atoms with Gasteiger partial charge in [0, 0.05) is 6.54 Å². The molecule has 2 heterocycles. The van der Waals surface area contributed by atoms with E-state index >= 15 is 0 Å². The van der Waals surface area contributed by atoms with E-state index in [0.717, 1.165) is 12.8 Å². The molecule has 2 aliphatic rings. The lowest BCUT2D eigenvalue weighted by Gasteiger charge is -2.09. The second-order valence-corrected chi connectivity index (χ2v) is 4.91. The smallest absolute Gasteiger partial charge is 0.221 e. The second-order valence-electron chi connectivity index (χ2n) is 2.99. The first-order chi connectivity index (χ1) is 5.11. The van der Waals surface area contributed by atoms with Crippen molar-refractivity contribution in [3.63, 3.8) is 0 Å². The summed E-state index contributed by atoms with van der Waals surface area (Å²) in [7, 11) is -3.19. The van der Waals surface area contributed by atoms with Crippen LogP contribution < -0.4 is 0 Å². The molecule has 2 fully saturated rings. The molecule has 11 heavy (non-hydrogen) atoms. The minimum Gasteiger partial charge on any atom is -0.297 e. The summed E-state index contributed by atoms with van der Waals surface area (Å²) in [4.78, 5) is 11.1. The number of sulfonamides is 1. The van der Waals surface area contributed by atoms with E-state index in [1.54, 1.807) is 0 Å². The van der Waals surface area contributed by atoms with Gasteiger partial charge >= 0.3 is 0 Å². The first kappa shape index (κ1) is 7.24. The Morgan fingerprint density at radius 3 is 2.82 bits per heavy atom. The van der Waals surface area contributed by atoms with Gasteiger partial charge in [0.2, 0.25) is 10.0 Å². The lowest BCUT2D eigenvalue weighted by molar-refractivity contribution is -0.118. The molecule has 0 spiro atoms. The first-order valence-electron chi connectivity index (χ1n) is 3.63. The highest BCUT2D eigenvalue weighted by molar-refractivity contribution is 7.90. The van der Waals surface area contributed by atoms with Crippen LogP contribution in [0.25, 0.3) is 0 Å². The quantitative estimate of drug-likeness (QED) is 0.492. The van der Waals surface area contributed by atoms with Gasteiger partial charge in [-0.25, -0.2) is 8.42 Å². The zero-order chi connectivity index (χ0) is 8.06. The third-order valence-electron chi connectivity index (χ3n) is 2.26. The Morgan fingerprint density at radius 1 is 1.45 bits per heavy atom. The Morgan fingerprint density at radius 2 is 2.18 bits per heavy atom. The van der Waals surface area contributed by atoms with Crippen LogP contribution in [0.15, 0.2) is 0 Å². The van der Waals surface area contributed by atoms with Gasteiger partial charge in [-0.2, -0.15) is 4.31 Å². The maximum atomic E-state index is 11.2. The Bertz CT molecular complexity index is 295. The van der Waals surface area contributed by atoms with Crippen LogP contribution in [0.3, 0.4) is 0 Å². The molecule has 0 radical (unpaired) electrons. The number of ketones is 1. The molecule has 0 bridgehead atoms. The molecule has 0 aromatic heterocycles. The minimum absolute atomic E-state index is 0.123. The summed E-state index contributed by atoms with van der Waals surface area (Å²) < 4.78 is 23.7. The van der Waals surface area contributed by atoms with E-state index in [9.17, 15) is 13.2 Å². The van der Waals surface area contributed by atoms with Gasteiger partial charge in [0.15, 0.2) is 5.78 Å². The molecular formula is C6H9NO3S. The van der Waals surface area contributed by atoms with Crippen molar-refractivity contribution in [3.05, 3.63) is 0 Å². The molecule has 0 aliphatic carbocycles. The summed E-state index contributed by atoms with van der Waals surface area (Å²) in [5.74, 6) is -0.389. The number of carbonyl (C=O) groups excluding carboxylic acids is 1. The van der Waals surface area contributed by atoms with Gasteiger partial charge in [-0.15, -0.1) is 0 Å². The van der Waals surface area contributed by atoms with Crippen LogP contribution in [0.5, 0.6) is 0 Å². The van der Waals surface area contributed by atoms with Crippen LogP contribution in [0.2, 0.25) is 0 Å². The molecule has 1 atom stereocenters. The Labute approximate surface area is 65.2 Å². The van der Waals surface area contributed by atoms with Crippen molar-refractivity contribution < 1.29 is 13.2 Å². The normalized spacial score (nSPS) is 36.0. The molecule has 62 valence electrons. The molecule has 2 aliphatic heterocycles. The summed E-state index contributed by atoms with van der Waals surface area (Å²) in [6, 6.07) is -0.306. The Hall–Kier alpha value is -0.420. The SMILES string of the molecule is O=C1CS(=O)(=O)N2CCCC12. The predicted molar refractivity (Wildman–Crippen MR) is 38.5 cm³/mol. The third kappa shape index (κ3) is 0.911. The lowest BCUT2D eigenvalue weighted by Crippen LogP contribution is -2.28. The highest BCUT2D eigenvalue weighted by Gasteiger charge is 2.46. The summed E-state index contributed by atoms with van der Waals surface area (Å²) in [6.07, 6.45) is 1.55. The van der Waals surface area contributed by atoms with Gasteiger partial charge < -0.3 is 0 Å². The van der Waals surface area contributed by atoms with Crippen molar-refractivity contribution in [1.82, 2.24) is 4.31 Å². The third-order valence-corrected chi connectivity index (χ3v) is 4.06. The molecule has 4 nitrogen and oxygen atoms in total.